The minimum absolute atomic E-state index is 0.0219. The van der Waals surface area contributed by atoms with E-state index in [2.05, 4.69) is 17.0 Å². The highest BCUT2D eigenvalue weighted by Gasteiger charge is 2.13. The van der Waals surface area contributed by atoms with Crippen LogP contribution in [0.15, 0.2) is 24.5 Å². The molecule has 0 unspecified atom stereocenters. The molecule has 0 saturated carbocycles. The number of nitrogens with zero attached hydrogens (tertiary/aromatic N) is 3. The molecule has 1 heterocycles. The van der Waals surface area contributed by atoms with Crippen LogP contribution in [0.4, 0.5) is 0 Å². The molecule has 1 aromatic carbocycles. The molecule has 5 nitrogen and oxygen atoms in total. The van der Waals surface area contributed by atoms with Gasteiger partial charge in [0.15, 0.2) is 5.78 Å². The van der Waals surface area contributed by atoms with E-state index >= 15 is 0 Å². The Balaban J connectivity index is 2.17. The van der Waals surface area contributed by atoms with Crippen LogP contribution in [0.3, 0.4) is 0 Å². The fraction of sp³-hybridized carbons (Fsp3) is 0.400. The summed E-state index contributed by atoms with van der Waals surface area (Å²) in [5.41, 5.74) is 1.65. The van der Waals surface area contributed by atoms with E-state index in [-0.39, 0.29) is 12.2 Å². The van der Waals surface area contributed by atoms with Crippen LogP contribution in [0.1, 0.15) is 35.1 Å². The maximum atomic E-state index is 12.3. The first-order valence-electron chi connectivity index (χ1n) is 6.70. The quantitative estimate of drug-likeness (QED) is 0.758. The van der Waals surface area contributed by atoms with Crippen molar-refractivity contribution in [2.24, 2.45) is 0 Å². The van der Waals surface area contributed by atoms with Gasteiger partial charge in [0.1, 0.15) is 17.9 Å². The number of carbonyl (C=O) groups excluding carboxylic acids is 1. The fourth-order valence-corrected chi connectivity index (χ4v) is 2.06. The summed E-state index contributed by atoms with van der Waals surface area (Å²) in [6.07, 6.45) is 2.71. The number of rotatable bonds is 6. The van der Waals surface area contributed by atoms with Gasteiger partial charge < -0.3 is 4.74 Å². The van der Waals surface area contributed by atoms with Gasteiger partial charge in [-0.05, 0) is 25.0 Å². The number of benzene rings is 1. The van der Waals surface area contributed by atoms with Crippen molar-refractivity contribution in [1.29, 1.82) is 0 Å². The summed E-state index contributed by atoms with van der Waals surface area (Å²) >= 11 is 0. The van der Waals surface area contributed by atoms with Crippen LogP contribution in [-0.2, 0) is 13.0 Å². The van der Waals surface area contributed by atoms with Crippen LogP contribution >= 0.6 is 0 Å². The smallest absolute Gasteiger partial charge is 0.170 e. The summed E-state index contributed by atoms with van der Waals surface area (Å²) in [7, 11) is 1.61. The van der Waals surface area contributed by atoms with E-state index in [4.69, 9.17) is 4.74 Å². The number of ether oxygens (including phenoxy) is 1. The van der Waals surface area contributed by atoms with Gasteiger partial charge >= 0.3 is 0 Å². The maximum absolute atomic E-state index is 12.3. The lowest BCUT2D eigenvalue weighted by Gasteiger charge is -2.07. The predicted octanol–water partition coefficient (Wildman–Crippen LogP) is 2.43. The average molecular weight is 273 g/mol. The molecule has 0 atom stereocenters. The number of aryl methyl sites for hydroxylation is 2. The molecule has 20 heavy (non-hydrogen) atoms. The maximum Gasteiger partial charge on any atom is 0.170 e. The van der Waals surface area contributed by atoms with Crippen LogP contribution < -0.4 is 4.74 Å². The summed E-state index contributed by atoms with van der Waals surface area (Å²) in [5.74, 6) is 1.45. The first-order chi connectivity index (χ1) is 9.65. The lowest BCUT2D eigenvalue weighted by molar-refractivity contribution is 0.0989. The van der Waals surface area contributed by atoms with E-state index in [1.807, 2.05) is 19.1 Å². The van der Waals surface area contributed by atoms with E-state index in [0.29, 0.717) is 11.4 Å². The second kappa shape index (κ2) is 6.32. The Hall–Kier alpha value is -2.17. The van der Waals surface area contributed by atoms with E-state index in [9.17, 15) is 4.79 Å². The van der Waals surface area contributed by atoms with E-state index in [0.717, 1.165) is 24.3 Å². The van der Waals surface area contributed by atoms with Gasteiger partial charge in [0.25, 0.3) is 0 Å². The zero-order chi connectivity index (χ0) is 14.5. The molecule has 106 valence electrons. The van der Waals surface area contributed by atoms with E-state index in [1.165, 1.54) is 6.33 Å². The zero-order valence-electron chi connectivity index (χ0n) is 12.1. The van der Waals surface area contributed by atoms with Gasteiger partial charge in [-0.2, -0.15) is 5.10 Å². The molecule has 0 N–H and O–H groups in total. The highest BCUT2D eigenvalue weighted by atomic mass is 16.5. The Kier molecular flexibility index (Phi) is 4.50. The summed E-state index contributed by atoms with van der Waals surface area (Å²) < 4.78 is 7.03. The first kappa shape index (κ1) is 14.2. The van der Waals surface area contributed by atoms with Gasteiger partial charge in [0.2, 0.25) is 0 Å². The molecule has 0 saturated heterocycles. The molecule has 1 aromatic heterocycles. The highest BCUT2D eigenvalue weighted by Crippen LogP contribution is 2.20. The Morgan fingerprint density at radius 1 is 1.40 bits per heavy atom. The van der Waals surface area contributed by atoms with Crippen molar-refractivity contribution in [2.45, 2.75) is 33.2 Å². The molecule has 0 fully saturated rings. The normalized spacial score (nSPS) is 10.6. The lowest BCUT2D eigenvalue weighted by atomic mass is 10.1. The Labute approximate surface area is 118 Å². The van der Waals surface area contributed by atoms with Crippen molar-refractivity contribution in [3.05, 3.63) is 41.5 Å². The second-order valence-corrected chi connectivity index (χ2v) is 4.68. The summed E-state index contributed by atoms with van der Waals surface area (Å²) in [6.45, 7) is 4.79. The van der Waals surface area contributed by atoms with Crippen molar-refractivity contribution < 1.29 is 9.53 Å². The minimum atomic E-state index is 0.0219. The second-order valence-electron chi connectivity index (χ2n) is 4.68. The third-order valence-electron chi connectivity index (χ3n) is 3.18. The van der Waals surface area contributed by atoms with Gasteiger partial charge in [-0.15, -0.1) is 0 Å². The molecule has 0 spiro atoms. The van der Waals surface area contributed by atoms with Crippen molar-refractivity contribution in [1.82, 2.24) is 14.8 Å². The number of Topliss-reactive ketones (excluding diaryl/α,β-unsaturated/α-hetero) is 1. The Morgan fingerprint density at radius 2 is 2.20 bits per heavy atom. The standard InChI is InChI=1S/C15H19N3O2/c1-4-7-18-15(16-10-17-18)9-13(19)12-6-5-11(2)14(8-12)20-3/h5-6,8,10H,4,7,9H2,1-3H3. The fourth-order valence-electron chi connectivity index (χ4n) is 2.06. The molecule has 0 amide bonds. The predicted molar refractivity (Wildman–Crippen MR) is 76.1 cm³/mol. The van der Waals surface area contributed by atoms with Gasteiger partial charge in [-0.1, -0.05) is 19.1 Å². The molecule has 2 rings (SSSR count). The monoisotopic (exact) mass is 273 g/mol. The van der Waals surface area contributed by atoms with Crippen LogP contribution in [0, 0.1) is 6.92 Å². The number of hydrogen-bond acceptors (Lipinski definition) is 4. The summed E-state index contributed by atoms with van der Waals surface area (Å²) in [5, 5.41) is 4.13. The number of aromatic nitrogens is 3. The van der Waals surface area contributed by atoms with Gasteiger partial charge in [-0.25, -0.2) is 9.67 Å². The summed E-state index contributed by atoms with van der Waals surface area (Å²) in [4.78, 5) is 16.5. The molecular weight excluding hydrogens is 254 g/mol. The van der Waals surface area contributed by atoms with E-state index in [1.54, 1.807) is 17.9 Å². The van der Waals surface area contributed by atoms with Crippen LogP contribution in [0.2, 0.25) is 0 Å². The zero-order valence-corrected chi connectivity index (χ0v) is 12.1. The lowest BCUT2D eigenvalue weighted by Crippen LogP contribution is -2.11. The molecule has 2 aromatic rings. The largest absolute Gasteiger partial charge is 0.496 e. The molecule has 0 radical (unpaired) electrons. The number of hydrogen-bond donors (Lipinski definition) is 0. The van der Waals surface area contributed by atoms with Crippen molar-refractivity contribution in [3.8, 4) is 5.75 Å². The van der Waals surface area contributed by atoms with Crippen molar-refractivity contribution in [2.75, 3.05) is 7.11 Å². The van der Waals surface area contributed by atoms with Crippen LogP contribution in [0.5, 0.6) is 5.75 Å². The number of ketones is 1. The molecule has 0 aliphatic heterocycles. The SMILES string of the molecule is CCCn1ncnc1CC(=O)c1ccc(C)c(OC)c1. The third-order valence-corrected chi connectivity index (χ3v) is 3.18. The molecular formula is C15H19N3O2. The molecule has 0 aliphatic rings. The van der Waals surface area contributed by atoms with Crippen LogP contribution in [-0.4, -0.2) is 27.7 Å². The molecule has 0 aliphatic carbocycles. The van der Waals surface area contributed by atoms with Gasteiger partial charge in [0.05, 0.1) is 13.5 Å². The topological polar surface area (TPSA) is 57.0 Å². The van der Waals surface area contributed by atoms with Crippen molar-refractivity contribution in [3.63, 3.8) is 0 Å². The van der Waals surface area contributed by atoms with Gasteiger partial charge in [-0.3, -0.25) is 4.79 Å². The van der Waals surface area contributed by atoms with Crippen LogP contribution in [0.25, 0.3) is 0 Å². The van der Waals surface area contributed by atoms with Crippen molar-refractivity contribution >= 4 is 5.78 Å². The first-order valence-corrected chi connectivity index (χ1v) is 6.70. The minimum Gasteiger partial charge on any atom is -0.496 e. The number of methoxy groups -OCH3 is 1. The Morgan fingerprint density at radius 3 is 2.90 bits per heavy atom. The highest BCUT2D eigenvalue weighted by molar-refractivity contribution is 5.97. The average Bonchev–Trinajstić information content (AvgIpc) is 2.87. The third kappa shape index (κ3) is 3.04. The van der Waals surface area contributed by atoms with E-state index < -0.39 is 0 Å². The number of carbonyl (C=O) groups is 1. The van der Waals surface area contributed by atoms with Gasteiger partial charge in [0, 0.05) is 12.1 Å². The molecule has 0 bridgehead atoms. The Bertz CT molecular complexity index is 605. The summed E-state index contributed by atoms with van der Waals surface area (Å²) in [6, 6.07) is 5.49. The molecule has 5 heteroatoms.